The Morgan fingerprint density at radius 1 is 1.41 bits per heavy atom. The van der Waals surface area contributed by atoms with Gasteiger partial charge in [-0.15, -0.1) is 5.10 Å². The van der Waals surface area contributed by atoms with Crippen LogP contribution in [0.3, 0.4) is 0 Å². The van der Waals surface area contributed by atoms with Crippen LogP contribution in [-0.4, -0.2) is 52.1 Å². The molecule has 0 radical (unpaired) electrons. The summed E-state index contributed by atoms with van der Waals surface area (Å²) in [4.78, 5) is 19.3. The van der Waals surface area contributed by atoms with Crippen molar-refractivity contribution in [2.24, 2.45) is 5.92 Å². The molecule has 1 aliphatic heterocycles. The topological polar surface area (TPSA) is 81.0 Å². The number of rotatable bonds is 6. The number of amides is 1. The van der Waals surface area contributed by atoms with Gasteiger partial charge in [-0.25, -0.2) is 14.3 Å². The summed E-state index contributed by atoms with van der Waals surface area (Å²) in [6, 6.07) is 2.17. The van der Waals surface area contributed by atoms with Crippen LogP contribution < -0.4 is 10.2 Å². The van der Waals surface area contributed by atoms with Crippen molar-refractivity contribution in [3.8, 4) is 0 Å². The van der Waals surface area contributed by atoms with Gasteiger partial charge >= 0.3 is 6.09 Å². The van der Waals surface area contributed by atoms with E-state index in [4.69, 9.17) is 9.47 Å². The molecule has 1 fully saturated rings. The molecule has 1 atom stereocenters. The van der Waals surface area contributed by atoms with Gasteiger partial charge in [0.15, 0.2) is 5.65 Å². The Bertz CT molecular complexity index is 823. The smallest absolute Gasteiger partial charge is 0.414 e. The molecule has 0 saturated carbocycles. The van der Waals surface area contributed by atoms with Crippen molar-refractivity contribution in [3.05, 3.63) is 18.5 Å². The minimum atomic E-state index is -0.582. The van der Waals surface area contributed by atoms with Gasteiger partial charge in [0.25, 0.3) is 0 Å². The van der Waals surface area contributed by atoms with Gasteiger partial charge in [0, 0.05) is 44.3 Å². The number of hydrogen-bond acceptors (Lipinski definition) is 6. The average molecular weight is 404 g/mol. The van der Waals surface area contributed by atoms with E-state index in [1.54, 1.807) is 21.8 Å². The van der Waals surface area contributed by atoms with Crippen LogP contribution in [0, 0.1) is 5.92 Å². The fourth-order valence-corrected chi connectivity index (χ4v) is 3.30. The molecular weight excluding hydrogens is 370 g/mol. The summed E-state index contributed by atoms with van der Waals surface area (Å²) in [5.41, 5.74) is 0.760. The number of anilines is 2. The molecule has 8 nitrogen and oxygen atoms in total. The summed E-state index contributed by atoms with van der Waals surface area (Å²) in [5, 5.41) is 7.99. The quantitative estimate of drug-likeness (QED) is 0.782. The van der Waals surface area contributed by atoms with Crippen molar-refractivity contribution < 1.29 is 14.3 Å². The summed E-state index contributed by atoms with van der Waals surface area (Å²) in [6.45, 7) is 11.9. The Balaban J connectivity index is 1.99. The molecule has 1 saturated heterocycles. The molecule has 2 aromatic heterocycles. The molecule has 1 unspecified atom stereocenters. The molecule has 0 bridgehead atoms. The average Bonchev–Trinajstić information content (AvgIpc) is 3.13. The molecule has 0 aliphatic carbocycles. The number of nitrogens with one attached hydrogen (secondary N) is 1. The molecule has 3 rings (SSSR count). The fraction of sp³-hybridized carbons (Fsp3) is 0.667. The van der Waals surface area contributed by atoms with E-state index >= 15 is 0 Å². The highest BCUT2D eigenvalue weighted by Gasteiger charge is 2.29. The summed E-state index contributed by atoms with van der Waals surface area (Å²) < 4.78 is 12.9. The van der Waals surface area contributed by atoms with Gasteiger partial charge < -0.3 is 14.8 Å². The van der Waals surface area contributed by atoms with Crippen molar-refractivity contribution in [3.63, 3.8) is 0 Å². The van der Waals surface area contributed by atoms with Gasteiger partial charge in [0.05, 0.1) is 5.69 Å². The Morgan fingerprint density at radius 3 is 2.79 bits per heavy atom. The number of ether oxygens (including phenoxy) is 2. The predicted molar refractivity (Wildman–Crippen MR) is 113 cm³/mol. The van der Waals surface area contributed by atoms with E-state index in [0.717, 1.165) is 32.5 Å². The first-order valence-corrected chi connectivity index (χ1v) is 10.5. The van der Waals surface area contributed by atoms with Crippen LogP contribution in [0.4, 0.5) is 16.3 Å². The monoisotopic (exact) mass is 403 g/mol. The number of nitrogens with zero attached hydrogens (tertiary/aromatic N) is 4. The van der Waals surface area contributed by atoms with Gasteiger partial charge in [0.2, 0.25) is 0 Å². The number of carbonyl (C=O) groups is 1. The van der Waals surface area contributed by atoms with E-state index in [9.17, 15) is 4.79 Å². The lowest BCUT2D eigenvalue weighted by Crippen LogP contribution is -2.41. The zero-order valence-corrected chi connectivity index (χ0v) is 18.1. The standard InChI is InChI=1S/C21H33N5O3/c1-6-15(2)23-18-13-17(19-22-9-10-26(19)24-18)25(20(27)29-21(3,4)5)14-16-7-11-28-12-8-16/h9-10,13,15-16H,6-8,11-12,14H2,1-5H3,(H,23,24). The summed E-state index contributed by atoms with van der Waals surface area (Å²) in [6.07, 6.45) is 5.94. The van der Waals surface area contributed by atoms with Crippen LogP contribution in [0.1, 0.15) is 53.9 Å². The van der Waals surface area contributed by atoms with Crippen molar-refractivity contribution in [1.29, 1.82) is 0 Å². The molecule has 3 heterocycles. The highest BCUT2D eigenvalue weighted by Crippen LogP contribution is 2.28. The maximum absolute atomic E-state index is 13.2. The highest BCUT2D eigenvalue weighted by atomic mass is 16.6. The Hall–Kier alpha value is -2.35. The van der Waals surface area contributed by atoms with E-state index in [1.165, 1.54) is 0 Å². The minimum absolute atomic E-state index is 0.266. The molecule has 1 N–H and O–H groups in total. The number of imidazole rings is 1. The fourth-order valence-electron chi connectivity index (χ4n) is 3.30. The Kier molecular flexibility index (Phi) is 6.62. The maximum Gasteiger partial charge on any atom is 0.414 e. The van der Waals surface area contributed by atoms with Gasteiger partial charge in [-0.3, -0.25) is 4.90 Å². The van der Waals surface area contributed by atoms with Crippen molar-refractivity contribution in [2.45, 2.75) is 65.5 Å². The van der Waals surface area contributed by atoms with Gasteiger partial charge in [-0.05, 0) is 52.9 Å². The van der Waals surface area contributed by atoms with Crippen LogP contribution >= 0.6 is 0 Å². The number of fused-ring (bicyclic) bond motifs is 1. The van der Waals surface area contributed by atoms with Gasteiger partial charge in [0.1, 0.15) is 11.4 Å². The highest BCUT2D eigenvalue weighted by molar-refractivity contribution is 5.93. The van der Waals surface area contributed by atoms with Crippen LogP contribution in [0.15, 0.2) is 18.5 Å². The molecule has 1 aliphatic rings. The second kappa shape index (κ2) is 8.98. The SMILES string of the molecule is CCC(C)Nc1cc(N(CC2CCOCC2)C(=O)OC(C)(C)C)c2nccn2n1. The van der Waals surface area contributed by atoms with Crippen LogP contribution in [0.2, 0.25) is 0 Å². The first-order chi connectivity index (χ1) is 13.8. The lowest BCUT2D eigenvalue weighted by Gasteiger charge is -2.32. The number of aromatic nitrogens is 3. The van der Waals surface area contributed by atoms with Crippen LogP contribution in [-0.2, 0) is 9.47 Å². The van der Waals surface area contributed by atoms with E-state index in [1.807, 2.05) is 26.8 Å². The summed E-state index contributed by atoms with van der Waals surface area (Å²) >= 11 is 0. The molecule has 160 valence electrons. The lowest BCUT2D eigenvalue weighted by molar-refractivity contribution is 0.0515. The minimum Gasteiger partial charge on any atom is -0.443 e. The normalized spacial score (nSPS) is 16.6. The molecule has 2 aromatic rings. The van der Waals surface area contributed by atoms with Crippen molar-refractivity contribution >= 4 is 23.2 Å². The van der Waals surface area contributed by atoms with E-state index < -0.39 is 5.60 Å². The molecule has 29 heavy (non-hydrogen) atoms. The lowest BCUT2D eigenvalue weighted by atomic mass is 9.99. The largest absolute Gasteiger partial charge is 0.443 e. The van der Waals surface area contributed by atoms with E-state index in [2.05, 4.69) is 29.2 Å². The zero-order valence-electron chi connectivity index (χ0n) is 18.1. The predicted octanol–water partition coefficient (Wildman–Crippen LogP) is 4.11. The molecule has 8 heteroatoms. The second-order valence-electron chi connectivity index (χ2n) is 8.71. The second-order valence-corrected chi connectivity index (χ2v) is 8.71. The van der Waals surface area contributed by atoms with Crippen molar-refractivity contribution in [2.75, 3.05) is 30.0 Å². The van der Waals surface area contributed by atoms with Crippen molar-refractivity contribution in [1.82, 2.24) is 14.6 Å². The Labute approximate surface area is 172 Å². The first-order valence-electron chi connectivity index (χ1n) is 10.5. The van der Waals surface area contributed by atoms with Crippen LogP contribution in [0.5, 0.6) is 0 Å². The van der Waals surface area contributed by atoms with E-state index in [-0.39, 0.29) is 12.1 Å². The number of carbonyl (C=O) groups excluding carboxylic acids is 1. The van der Waals surface area contributed by atoms with Gasteiger partial charge in [-0.1, -0.05) is 6.92 Å². The Morgan fingerprint density at radius 2 is 2.14 bits per heavy atom. The molecule has 0 aromatic carbocycles. The van der Waals surface area contributed by atoms with E-state index in [0.29, 0.717) is 29.6 Å². The van der Waals surface area contributed by atoms with Crippen LogP contribution in [0.25, 0.3) is 5.65 Å². The third kappa shape index (κ3) is 5.59. The molecule has 0 spiro atoms. The molecular formula is C21H33N5O3. The third-order valence-corrected chi connectivity index (χ3v) is 5.03. The summed E-state index contributed by atoms with van der Waals surface area (Å²) in [5.74, 6) is 1.06. The maximum atomic E-state index is 13.2. The molecule has 1 amide bonds. The third-order valence-electron chi connectivity index (χ3n) is 5.03. The first kappa shape index (κ1) is 21.4. The summed E-state index contributed by atoms with van der Waals surface area (Å²) in [7, 11) is 0. The zero-order chi connectivity index (χ0) is 21.0. The van der Waals surface area contributed by atoms with Gasteiger partial charge in [-0.2, -0.15) is 0 Å². The number of hydrogen-bond donors (Lipinski definition) is 1.